The molecule has 5 nitrogen and oxygen atoms in total. The van der Waals surface area contributed by atoms with Crippen molar-refractivity contribution in [2.45, 2.75) is 20.3 Å². The number of aromatic carboxylic acids is 1. The quantitative estimate of drug-likeness (QED) is 0.719. The van der Waals surface area contributed by atoms with Crippen LogP contribution in [0, 0.1) is 5.92 Å². The molecular formula is C21H22N2O3. The van der Waals surface area contributed by atoms with Gasteiger partial charge in [-0.2, -0.15) is 0 Å². The number of nitrogens with zero attached hydrogens (tertiary/aromatic N) is 1. The van der Waals surface area contributed by atoms with E-state index in [1.165, 1.54) is 6.07 Å². The third-order valence-electron chi connectivity index (χ3n) is 4.37. The number of anilines is 1. The van der Waals surface area contributed by atoms with Crippen LogP contribution < -0.4 is 5.32 Å². The van der Waals surface area contributed by atoms with Gasteiger partial charge in [0.15, 0.2) is 0 Å². The van der Waals surface area contributed by atoms with E-state index in [1.807, 2.05) is 42.1 Å². The molecule has 0 saturated carbocycles. The maximum absolute atomic E-state index is 12.9. The average Bonchev–Trinajstić information content (AvgIpc) is 2.93. The van der Waals surface area contributed by atoms with Crippen LogP contribution in [0.4, 0.5) is 5.69 Å². The van der Waals surface area contributed by atoms with Crippen LogP contribution in [-0.2, 0) is 13.5 Å². The van der Waals surface area contributed by atoms with Crippen LogP contribution in [0.1, 0.15) is 40.1 Å². The van der Waals surface area contributed by atoms with Gasteiger partial charge in [-0.1, -0.05) is 32.0 Å². The third-order valence-corrected chi connectivity index (χ3v) is 4.37. The second-order valence-corrected chi connectivity index (χ2v) is 6.90. The van der Waals surface area contributed by atoms with Crippen molar-refractivity contribution in [3.63, 3.8) is 0 Å². The SMILES string of the molecule is CC(C)Cc1cc(C(=O)O)ccc1NC(=O)c1cn(C)c2ccccc12. The maximum Gasteiger partial charge on any atom is 0.335 e. The monoisotopic (exact) mass is 350 g/mol. The van der Waals surface area contributed by atoms with Crippen LogP contribution in [0.25, 0.3) is 10.9 Å². The van der Waals surface area contributed by atoms with Crippen molar-refractivity contribution in [2.24, 2.45) is 13.0 Å². The van der Waals surface area contributed by atoms with E-state index in [2.05, 4.69) is 19.2 Å². The zero-order valence-electron chi connectivity index (χ0n) is 15.1. The normalized spacial score (nSPS) is 11.1. The van der Waals surface area contributed by atoms with Crippen LogP contribution in [-0.4, -0.2) is 21.6 Å². The lowest BCUT2D eigenvalue weighted by Gasteiger charge is -2.13. The number of hydrogen-bond donors (Lipinski definition) is 2. The molecule has 0 fully saturated rings. The minimum absolute atomic E-state index is 0.199. The highest BCUT2D eigenvalue weighted by atomic mass is 16.4. The fourth-order valence-corrected chi connectivity index (χ4v) is 3.17. The van der Waals surface area contributed by atoms with Gasteiger partial charge in [-0.15, -0.1) is 0 Å². The molecule has 0 aliphatic carbocycles. The number of amides is 1. The van der Waals surface area contributed by atoms with E-state index >= 15 is 0 Å². The van der Waals surface area contributed by atoms with E-state index in [0.29, 0.717) is 23.6 Å². The standard InChI is InChI=1S/C21H22N2O3/c1-13(2)10-15-11-14(21(25)26)8-9-18(15)22-20(24)17-12-23(3)19-7-5-4-6-16(17)19/h4-9,11-13H,10H2,1-3H3,(H,22,24)(H,25,26). The van der Waals surface area contributed by atoms with E-state index < -0.39 is 5.97 Å². The predicted octanol–water partition coefficient (Wildman–Crippen LogP) is 4.33. The molecule has 5 heteroatoms. The molecule has 0 atom stereocenters. The van der Waals surface area contributed by atoms with Crippen LogP contribution in [0.15, 0.2) is 48.7 Å². The predicted molar refractivity (Wildman–Crippen MR) is 103 cm³/mol. The lowest BCUT2D eigenvalue weighted by Crippen LogP contribution is -2.14. The molecule has 1 aromatic heterocycles. The summed E-state index contributed by atoms with van der Waals surface area (Å²) in [5, 5.41) is 13.1. The fraction of sp³-hybridized carbons (Fsp3) is 0.238. The van der Waals surface area contributed by atoms with Crippen LogP contribution >= 0.6 is 0 Å². The Morgan fingerprint density at radius 1 is 1.15 bits per heavy atom. The maximum atomic E-state index is 12.9. The Bertz CT molecular complexity index is 986. The number of carboxylic acid groups (broad SMARTS) is 1. The second kappa shape index (κ2) is 7.04. The van der Waals surface area contributed by atoms with Crippen molar-refractivity contribution in [2.75, 3.05) is 5.32 Å². The van der Waals surface area contributed by atoms with Crippen LogP contribution in [0.5, 0.6) is 0 Å². The average molecular weight is 350 g/mol. The number of aryl methyl sites for hydroxylation is 1. The molecular weight excluding hydrogens is 328 g/mol. The molecule has 0 bridgehead atoms. The number of hydrogen-bond acceptors (Lipinski definition) is 2. The van der Waals surface area contributed by atoms with Crippen LogP contribution in [0.2, 0.25) is 0 Å². The van der Waals surface area contributed by atoms with Gasteiger partial charge in [0.05, 0.1) is 11.1 Å². The van der Waals surface area contributed by atoms with Gasteiger partial charge >= 0.3 is 5.97 Å². The smallest absolute Gasteiger partial charge is 0.335 e. The Morgan fingerprint density at radius 3 is 2.58 bits per heavy atom. The Morgan fingerprint density at radius 2 is 1.88 bits per heavy atom. The van der Waals surface area contributed by atoms with Crippen molar-refractivity contribution in [1.82, 2.24) is 4.57 Å². The molecule has 134 valence electrons. The Hall–Kier alpha value is -3.08. The molecule has 2 N–H and O–H groups in total. The molecule has 0 saturated heterocycles. The van der Waals surface area contributed by atoms with Gasteiger partial charge in [0.25, 0.3) is 5.91 Å². The van der Waals surface area contributed by atoms with Gasteiger partial charge < -0.3 is 15.0 Å². The Kier molecular flexibility index (Phi) is 4.80. The second-order valence-electron chi connectivity index (χ2n) is 6.90. The first kappa shape index (κ1) is 17.7. The van der Waals surface area contributed by atoms with E-state index in [0.717, 1.165) is 16.5 Å². The third kappa shape index (κ3) is 3.47. The molecule has 2 aromatic carbocycles. The van der Waals surface area contributed by atoms with Crippen molar-refractivity contribution in [3.05, 3.63) is 65.4 Å². The molecule has 0 radical (unpaired) electrons. The largest absolute Gasteiger partial charge is 0.478 e. The minimum atomic E-state index is -0.970. The zero-order valence-corrected chi connectivity index (χ0v) is 15.1. The van der Waals surface area contributed by atoms with E-state index in [1.54, 1.807) is 12.1 Å². The van der Waals surface area contributed by atoms with E-state index in [4.69, 9.17) is 0 Å². The molecule has 0 spiro atoms. The molecule has 0 aliphatic heterocycles. The first-order valence-electron chi connectivity index (χ1n) is 8.58. The molecule has 0 unspecified atom stereocenters. The highest BCUT2D eigenvalue weighted by molar-refractivity contribution is 6.13. The number of carbonyl (C=O) groups excluding carboxylic acids is 1. The highest BCUT2D eigenvalue weighted by Crippen LogP contribution is 2.25. The topological polar surface area (TPSA) is 71.3 Å². The number of fused-ring (bicyclic) bond motifs is 1. The molecule has 0 aliphatic rings. The van der Waals surface area contributed by atoms with Gasteiger partial charge in [0, 0.05) is 29.8 Å². The minimum Gasteiger partial charge on any atom is -0.478 e. The van der Waals surface area contributed by atoms with Gasteiger partial charge in [0.1, 0.15) is 0 Å². The molecule has 1 amide bonds. The van der Waals surface area contributed by atoms with Crippen molar-refractivity contribution < 1.29 is 14.7 Å². The summed E-state index contributed by atoms with van der Waals surface area (Å²) in [6.45, 7) is 4.12. The summed E-state index contributed by atoms with van der Waals surface area (Å²) in [4.78, 5) is 24.1. The van der Waals surface area contributed by atoms with E-state index in [-0.39, 0.29) is 11.5 Å². The first-order valence-corrected chi connectivity index (χ1v) is 8.58. The van der Waals surface area contributed by atoms with Crippen molar-refractivity contribution >= 4 is 28.5 Å². The lowest BCUT2D eigenvalue weighted by atomic mass is 9.98. The number of para-hydroxylation sites is 1. The number of carbonyl (C=O) groups is 2. The van der Waals surface area contributed by atoms with Gasteiger partial charge in [-0.25, -0.2) is 4.79 Å². The summed E-state index contributed by atoms with van der Waals surface area (Å²) in [6.07, 6.45) is 2.50. The van der Waals surface area contributed by atoms with Crippen molar-refractivity contribution in [3.8, 4) is 0 Å². The number of aromatic nitrogens is 1. The van der Waals surface area contributed by atoms with Crippen molar-refractivity contribution in [1.29, 1.82) is 0 Å². The highest BCUT2D eigenvalue weighted by Gasteiger charge is 2.16. The number of nitrogens with one attached hydrogen (secondary N) is 1. The molecule has 1 heterocycles. The molecule has 3 rings (SSSR count). The first-order chi connectivity index (χ1) is 12.4. The molecule has 3 aromatic rings. The Labute approximate surface area is 152 Å². The summed E-state index contributed by atoms with van der Waals surface area (Å²) < 4.78 is 1.92. The molecule has 26 heavy (non-hydrogen) atoms. The van der Waals surface area contributed by atoms with Gasteiger partial charge in [0.2, 0.25) is 0 Å². The van der Waals surface area contributed by atoms with Crippen LogP contribution in [0.3, 0.4) is 0 Å². The fourth-order valence-electron chi connectivity index (χ4n) is 3.17. The summed E-state index contributed by atoms with van der Waals surface area (Å²) in [7, 11) is 1.91. The van der Waals surface area contributed by atoms with Gasteiger partial charge in [-0.05, 0) is 42.2 Å². The zero-order chi connectivity index (χ0) is 18.8. The Balaban J connectivity index is 1.96. The summed E-state index contributed by atoms with van der Waals surface area (Å²) in [6, 6.07) is 12.6. The number of carboxylic acids is 1. The van der Waals surface area contributed by atoms with E-state index in [9.17, 15) is 14.7 Å². The van der Waals surface area contributed by atoms with Gasteiger partial charge in [-0.3, -0.25) is 4.79 Å². The summed E-state index contributed by atoms with van der Waals surface area (Å²) >= 11 is 0. The lowest BCUT2D eigenvalue weighted by molar-refractivity contribution is 0.0696. The number of rotatable bonds is 5. The number of benzene rings is 2. The summed E-state index contributed by atoms with van der Waals surface area (Å²) in [5.41, 5.74) is 3.29. The summed E-state index contributed by atoms with van der Waals surface area (Å²) in [5.74, 6) is -0.830.